The van der Waals surface area contributed by atoms with Crippen molar-refractivity contribution in [2.75, 3.05) is 13.6 Å². The van der Waals surface area contributed by atoms with E-state index in [9.17, 15) is 31.1 Å². The van der Waals surface area contributed by atoms with Crippen LogP contribution in [0.25, 0.3) is 0 Å². The Morgan fingerprint density at radius 1 is 1.12 bits per heavy atom. The summed E-state index contributed by atoms with van der Waals surface area (Å²) in [6.07, 6.45) is -8.21. The van der Waals surface area contributed by atoms with Crippen LogP contribution in [0.3, 0.4) is 0 Å². The van der Waals surface area contributed by atoms with Crippen LogP contribution in [0.5, 0.6) is 0 Å². The highest BCUT2D eigenvalue weighted by Gasteiger charge is 2.39. The first kappa shape index (κ1) is 18.6. The highest BCUT2D eigenvalue weighted by molar-refractivity contribution is 5.49. The standard InChI is InChI=1S/C15H16F6N2O/c1-23-4-2-3-12(23)13(22-8-24)9-5-10(14(16,17)18)7-11(6-9)15(19,20)21/h5-8,12-13H,2-4H2,1H3,(H,22,24). The first-order valence-electron chi connectivity index (χ1n) is 7.23. The summed E-state index contributed by atoms with van der Waals surface area (Å²) in [6, 6.07) is 0.114. The molecule has 0 radical (unpaired) electrons. The molecule has 1 heterocycles. The fraction of sp³-hybridized carbons (Fsp3) is 0.533. The molecule has 0 spiro atoms. The summed E-state index contributed by atoms with van der Waals surface area (Å²) in [6.45, 7) is 0.660. The summed E-state index contributed by atoms with van der Waals surface area (Å²) in [5.41, 5.74) is -2.97. The van der Waals surface area contributed by atoms with Crippen molar-refractivity contribution in [2.45, 2.75) is 37.3 Å². The van der Waals surface area contributed by atoms with E-state index in [1.807, 2.05) is 4.90 Å². The van der Waals surface area contributed by atoms with Gasteiger partial charge in [0.1, 0.15) is 0 Å². The lowest BCUT2D eigenvalue weighted by molar-refractivity contribution is -0.143. The van der Waals surface area contributed by atoms with Crippen LogP contribution < -0.4 is 5.32 Å². The number of amides is 1. The number of carbonyl (C=O) groups excluding carboxylic acids is 1. The zero-order chi connectivity index (χ0) is 18.1. The largest absolute Gasteiger partial charge is 0.416 e. The van der Waals surface area contributed by atoms with Crippen LogP contribution in [0.1, 0.15) is 35.6 Å². The second kappa shape index (κ2) is 6.62. The van der Waals surface area contributed by atoms with Gasteiger partial charge in [0, 0.05) is 6.04 Å². The highest BCUT2D eigenvalue weighted by atomic mass is 19.4. The number of nitrogens with one attached hydrogen (secondary N) is 1. The molecular weight excluding hydrogens is 338 g/mol. The van der Waals surface area contributed by atoms with Crippen LogP contribution >= 0.6 is 0 Å². The molecule has 0 saturated carbocycles. The molecule has 0 aliphatic carbocycles. The molecule has 0 bridgehead atoms. The Bertz CT molecular complexity index is 566. The summed E-state index contributed by atoms with van der Waals surface area (Å²) < 4.78 is 77.8. The maximum Gasteiger partial charge on any atom is 0.416 e. The molecule has 1 N–H and O–H groups in total. The van der Waals surface area contributed by atoms with Gasteiger partial charge in [0.25, 0.3) is 0 Å². The van der Waals surface area contributed by atoms with Gasteiger partial charge in [-0.05, 0) is 50.2 Å². The molecule has 1 aliphatic rings. The topological polar surface area (TPSA) is 32.3 Å². The number of hydrogen-bond acceptors (Lipinski definition) is 2. The smallest absolute Gasteiger partial charge is 0.350 e. The van der Waals surface area contributed by atoms with Crippen molar-refractivity contribution in [2.24, 2.45) is 0 Å². The van der Waals surface area contributed by atoms with E-state index in [1.54, 1.807) is 7.05 Å². The minimum Gasteiger partial charge on any atom is -0.350 e. The van der Waals surface area contributed by atoms with Gasteiger partial charge in [0.05, 0.1) is 17.2 Å². The maximum absolute atomic E-state index is 13.0. The van der Waals surface area contributed by atoms with Gasteiger partial charge in [-0.15, -0.1) is 0 Å². The normalized spacial score (nSPS) is 20.9. The molecule has 2 unspecified atom stereocenters. The molecule has 3 nitrogen and oxygen atoms in total. The first-order chi connectivity index (χ1) is 11.0. The lowest BCUT2D eigenvalue weighted by Crippen LogP contribution is -2.38. The Morgan fingerprint density at radius 2 is 1.67 bits per heavy atom. The summed E-state index contributed by atoms with van der Waals surface area (Å²) >= 11 is 0. The summed E-state index contributed by atoms with van der Waals surface area (Å²) in [4.78, 5) is 12.7. The lowest BCUT2D eigenvalue weighted by atomic mass is 9.93. The summed E-state index contributed by atoms with van der Waals surface area (Å²) in [5.74, 6) is 0. The van der Waals surface area contributed by atoms with E-state index in [-0.39, 0.29) is 17.7 Å². The van der Waals surface area contributed by atoms with E-state index in [2.05, 4.69) is 5.32 Å². The van der Waals surface area contributed by atoms with Crippen molar-refractivity contribution < 1.29 is 31.1 Å². The Morgan fingerprint density at radius 3 is 2.04 bits per heavy atom. The molecular formula is C15H16F6N2O. The van der Waals surface area contributed by atoms with E-state index in [0.717, 1.165) is 6.42 Å². The molecule has 1 amide bonds. The zero-order valence-corrected chi connectivity index (χ0v) is 12.7. The van der Waals surface area contributed by atoms with Gasteiger partial charge >= 0.3 is 12.4 Å². The van der Waals surface area contributed by atoms with Gasteiger partial charge in [-0.3, -0.25) is 4.79 Å². The molecule has 1 saturated heterocycles. The van der Waals surface area contributed by atoms with Crippen LogP contribution in [-0.4, -0.2) is 30.9 Å². The molecule has 1 aliphatic heterocycles. The summed E-state index contributed by atoms with van der Waals surface area (Å²) in [5, 5.41) is 2.37. The zero-order valence-electron chi connectivity index (χ0n) is 12.7. The van der Waals surface area contributed by atoms with Crippen molar-refractivity contribution in [3.8, 4) is 0 Å². The monoisotopic (exact) mass is 354 g/mol. The van der Waals surface area contributed by atoms with Gasteiger partial charge in [-0.2, -0.15) is 26.3 Å². The van der Waals surface area contributed by atoms with Gasteiger partial charge in [0.15, 0.2) is 0 Å². The molecule has 24 heavy (non-hydrogen) atoms. The second-order valence-corrected chi connectivity index (χ2v) is 5.79. The molecule has 1 fully saturated rings. The van der Waals surface area contributed by atoms with Crippen LogP contribution in [-0.2, 0) is 17.1 Å². The molecule has 1 aromatic rings. The molecule has 2 atom stereocenters. The van der Waals surface area contributed by atoms with Crippen molar-refractivity contribution >= 4 is 6.41 Å². The number of likely N-dealkylation sites (tertiary alicyclic amines) is 1. The van der Waals surface area contributed by atoms with Gasteiger partial charge in [-0.25, -0.2) is 0 Å². The predicted molar refractivity (Wildman–Crippen MR) is 74.0 cm³/mol. The van der Waals surface area contributed by atoms with Gasteiger partial charge in [-0.1, -0.05) is 0 Å². The summed E-state index contributed by atoms with van der Waals surface area (Å²) in [7, 11) is 1.72. The number of nitrogens with zero attached hydrogens (tertiary/aromatic N) is 1. The van der Waals surface area contributed by atoms with Crippen LogP contribution in [0, 0.1) is 0 Å². The molecule has 134 valence electrons. The van der Waals surface area contributed by atoms with Crippen molar-refractivity contribution in [3.63, 3.8) is 0 Å². The molecule has 9 heteroatoms. The third-order valence-electron chi connectivity index (χ3n) is 4.18. The number of alkyl halides is 6. The van der Waals surface area contributed by atoms with E-state index in [0.29, 0.717) is 31.5 Å². The second-order valence-electron chi connectivity index (χ2n) is 5.79. The Balaban J connectivity index is 2.54. The number of rotatable bonds is 4. The highest BCUT2D eigenvalue weighted by Crippen LogP contribution is 2.39. The van der Waals surface area contributed by atoms with Crippen molar-refractivity contribution in [3.05, 3.63) is 34.9 Å². The average molecular weight is 354 g/mol. The third kappa shape index (κ3) is 4.00. The number of carbonyl (C=O) groups is 1. The minimum atomic E-state index is -4.91. The lowest BCUT2D eigenvalue weighted by Gasteiger charge is -2.30. The van der Waals surface area contributed by atoms with Crippen LogP contribution in [0.4, 0.5) is 26.3 Å². The Labute approximate surface area is 134 Å². The van der Waals surface area contributed by atoms with Crippen LogP contribution in [0.15, 0.2) is 18.2 Å². The molecule has 2 rings (SSSR count). The van der Waals surface area contributed by atoms with E-state index < -0.39 is 29.5 Å². The van der Waals surface area contributed by atoms with Crippen molar-refractivity contribution in [1.82, 2.24) is 10.2 Å². The van der Waals surface area contributed by atoms with Crippen molar-refractivity contribution in [1.29, 1.82) is 0 Å². The van der Waals surface area contributed by atoms with E-state index >= 15 is 0 Å². The Kier molecular flexibility index (Phi) is 5.12. The predicted octanol–water partition coefficient (Wildman–Crippen LogP) is 3.61. The minimum absolute atomic E-state index is 0.0832. The average Bonchev–Trinajstić information content (AvgIpc) is 2.88. The SMILES string of the molecule is CN1CCCC1C(NC=O)c1cc(C(F)(F)F)cc(C(F)(F)F)c1. The molecule has 0 aromatic heterocycles. The number of benzene rings is 1. The van der Waals surface area contributed by atoms with E-state index in [4.69, 9.17) is 0 Å². The Hall–Kier alpha value is -1.77. The van der Waals surface area contributed by atoms with Gasteiger partial charge < -0.3 is 10.2 Å². The van der Waals surface area contributed by atoms with E-state index in [1.165, 1.54) is 0 Å². The first-order valence-corrected chi connectivity index (χ1v) is 7.23. The fourth-order valence-electron chi connectivity index (χ4n) is 3.02. The number of halogens is 6. The van der Waals surface area contributed by atoms with Crippen LogP contribution in [0.2, 0.25) is 0 Å². The number of hydrogen-bond donors (Lipinski definition) is 1. The maximum atomic E-state index is 13.0. The molecule has 1 aromatic carbocycles. The number of likely N-dealkylation sites (N-methyl/N-ethyl adjacent to an activating group) is 1. The van der Waals surface area contributed by atoms with Gasteiger partial charge in [0.2, 0.25) is 6.41 Å². The quantitative estimate of drug-likeness (QED) is 0.662. The fourth-order valence-corrected chi connectivity index (χ4v) is 3.02. The third-order valence-corrected chi connectivity index (χ3v) is 4.18.